The van der Waals surface area contributed by atoms with Gasteiger partial charge in [0.25, 0.3) is 0 Å². The number of nitrogens with one attached hydrogen (secondary N) is 1. The Balaban J connectivity index is 1.77. The van der Waals surface area contributed by atoms with E-state index in [1.54, 1.807) is 30.6 Å². The number of carbonyl (C=O) groups excluding carboxylic acids is 1. The Labute approximate surface area is 151 Å². The SMILES string of the molecule is COC(=O)c1cncc(C=Cc2cccc(Nc3ncccc3N)c2)c1. The van der Waals surface area contributed by atoms with Crippen LogP contribution in [0.4, 0.5) is 17.2 Å². The van der Waals surface area contributed by atoms with E-state index in [0.29, 0.717) is 17.1 Å². The van der Waals surface area contributed by atoms with E-state index in [-0.39, 0.29) is 0 Å². The van der Waals surface area contributed by atoms with E-state index >= 15 is 0 Å². The van der Waals surface area contributed by atoms with Gasteiger partial charge in [-0.2, -0.15) is 0 Å². The number of hydrogen-bond donors (Lipinski definition) is 2. The van der Waals surface area contributed by atoms with E-state index in [9.17, 15) is 4.79 Å². The molecule has 0 amide bonds. The average Bonchev–Trinajstić information content (AvgIpc) is 2.68. The molecule has 0 spiro atoms. The third-order valence-corrected chi connectivity index (χ3v) is 3.64. The van der Waals surface area contributed by atoms with Crippen molar-refractivity contribution in [3.05, 3.63) is 77.7 Å². The molecular weight excluding hydrogens is 328 g/mol. The van der Waals surface area contributed by atoms with Crippen LogP contribution in [-0.2, 0) is 4.74 Å². The number of nitrogen functional groups attached to an aromatic ring is 1. The van der Waals surface area contributed by atoms with Crippen LogP contribution < -0.4 is 11.1 Å². The molecule has 0 aliphatic heterocycles. The predicted molar refractivity (Wildman–Crippen MR) is 103 cm³/mol. The summed E-state index contributed by atoms with van der Waals surface area (Å²) in [7, 11) is 1.34. The topological polar surface area (TPSA) is 90.1 Å². The molecule has 3 N–H and O–H groups in total. The van der Waals surface area contributed by atoms with E-state index < -0.39 is 5.97 Å². The fourth-order valence-corrected chi connectivity index (χ4v) is 2.35. The van der Waals surface area contributed by atoms with Crippen molar-refractivity contribution in [2.45, 2.75) is 0 Å². The molecule has 0 saturated carbocycles. The van der Waals surface area contributed by atoms with Gasteiger partial charge < -0.3 is 15.8 Å². The lowest BCUT2D eigenvalue weighted by atomic mass is 10.1. The summed E-state index contributed by atoms with van der Waals surface area (Å²) in [6.07, 6.45) is 8.66. The van der Waals surface area contributed by atoms with Crippen LogP contribution in [0.5, 0.6) is 0 Å². The number of nitrogens with two attached hydrogens (primary N) is 1. The van der Waals surface area contributed by atoms with Crippen molar-refractivity contribution >= 4 is 35.3 Å². The highest BCUT2D eigenvalue weighted by atomic mass is 16.5. The van der Waals surface area contributed by atoms with Gasteiger partial charge >= 0.3 is 5.97 Å². The number of esters is 1. The van der Waals surface area contributed by atoms with Crippen LogP contribution in [0.15, 0.2) is 61.1 Å². The Bertz CT molecular complexity index is 954. The Hall–Kier alpha value is -3.67. The molecule has 0 fully saturated rings. The van der Waals surface area contributed by atoms with Gasteiger partial charge in [0.2, 0.25) is 0 Å². The second kappa shape index (κ2) is 7.94. The fraction of sp³-hybridized carbons (Fsp3) is 0.0500. The monoisotopic (exact) mass is 346 g/mol. The van der Waals surface area contributed by atoms with Crippen molar-refractivity contribution in [1.29, 1.82) is 0 Å². The minimum Gasteiger partial charge on any atom is -0.465 e. The minimum absolute atomic E-state index is 0.410. The van der Waals surface area contributed by atoms with E-state index in [1.807, 2.05) is 36.4 Å². The Morgan fingerprint density at radius 1 is 1.12 bits per heavy atom. The number of ether oxygens (including phenoxy) is 1. The van der Waals surface area contributed by atoms with E-state index in [2.05, 4.69) is 15.3 Å². The second-order valence-corrected chi connectivity index (χ2v) is 5.52. The molecule has 2 heterocycles. The number of nitrogens with zero attached hydrogens (tertiary/aromatic N) is 2. The van der Waals surface area contributed by atoms with Crippen LogP contribution in [0.1, 0.15) is 21.5 Å². The van der Waals surface area contributed by atoms with Gasteiger partial charge in [-0.05, 0) is 41.5 Å². The molecule has 3 rings (SSSR count). The first kappa shape index (κ1) is 17.2. The summed E-state index contributed by atoms with van der Waals surface area (Å²) in [5.41, 5.74) is 9.56. The molecule has 0 aliphatic rings. The van der Waals surface area contributed by atoms with Gasteiger partial charge in [0.1, 0.15) is 0 Å². The van der Waals surface area contributed by atoms with Crippen molar-refractivity contribution in [3.8, 4) is 0 Å². The Morgan fingerprint density at radius 2 is 1.96 bits per heavy atom. The number of pyridine rings is 2. The first-order valence-electron chi connectivity index (χ1n) is 7.95. The maximum absolute atomic E-state index is 11.6. The number of aromatic nitrogens is 2. The zero-order chi connectivity index (χ0) is 18.4. The maximum Gasteiger partial charge on any atom is 0.339 e. The summed E-state index contributed by atoms with van der Waals surface area (Å²) in [4.78, 5) is 19.9. The molecular formula is C20H18N4O2. The molecule has 1 aromatic carbocycles. The molecule has 6 heteroatoms. The molecule has 0 atom stereocenters. The van der Waals surface area contributed by atoms with Crippen LogP contribution in [0.3, 0.4) is 0 Å². The van der Waals surface area contributed by atoms with Gasteiger partial charge in [0, 0.05) is 24.3 Å². The summed E-state index contributed by atoms with van der Waals surface area (Å²) in [5.74, 6) is 0.204. The van der Waals surface area contributed by atoms with Gasteiger partial charge in [-0.25, -0.2) is 9.78 Å². The van der Waals surface area contributed by atoms with Crippen LogP contribution >= 0.6 is 0 Å². The van der Waals surface area contributed by atoms with Crippen molar-refractivity contribution in [2.75, 3.05) is 18.2 Å². The molecule has 0 radical (unpaired) electrons. The summed E-state index contributed by atoms with van der Waals surface area (Å²) in [6, 6.07) is 13.1. The van der Waals surface area contributed by atoms with E-state index in [0.717, 1.165) is 16.8 Å². The van der Waals surface area contributed by atoms with Crippen LogP contribution in [-0.4, -0.2) is 23.0 Å². The number of rotatable bonds is 5. The zero-order valence-corrected chi connectivity index (χ0v) is 14.2. The van der Waals surface area contributed by atoms with Gasteiger partial charge in [-0.15, -0.1) is 0 Å². The lowest BCUT2D eigenvalue weighted by Crippen LogP contribution is -2.01. The van der Waals surface area contributed by atoms with E-state index in [1.165, 1.54) is 13.3 Å². The lowest BCUT2D eigenvalue weighted by Gasteiger charge is -2.08. The van der Waals surface area contributed by atoms with Crippen LogP contribution in [0.2, 0.25) is 0 Å². The number of carbonyl (C=O) groups is 1. The van der Waals surface area contributed by atoms with Gasteiger partial charge in [0.05, 0.1) is 18.4 Å². The smallest absolute Gasteiger partial charge is 0.339 e. The Morgan fingerprint density at radius 3 is 2.77 bits per heavy atom. The van der Waals surface area contributed by atoms with Gasteiger partial charge in [-0.1, -0.05) is 24.3 Å². The average molecular weight is 346 g/mol. The number of hydrogen-bond acceptors (Lipinski definition) is 6. The molecule has 0 unspecified atom stereocenters. The molecule has 0 aliphatic carbocycles. The largest absolute Gasteiger partial charge is 0.465 e. The highest BCUT2D eigenvalue weighted by Gasteiger charge is 2.05. The van der Waals surface area contributed by atoms with Crippen LogP contribution in [0.25, 0.3) is 12.2 Å². The summed E-state index contributed by atoms with van der Waals surface area (Å²) < 4.78 is 4.71. The molecule has 0 saturated heterocycles. The molecule has 2 aromatic heterocycles. The number of methoxy groups -OCH3 is 1. The summed E-state index contributed by atoms with van der Waals surface area (Å²) in [6.45, 7) is 0. The van der Waals surface area contributed by atoms with Crippen molar-refractivity contribution in [2.24, 2.45) is 0 Å². The highest BCUT2D eigenvalue weighted by molar-refractivity contribution is 5.90. The third kappa shape index (κ3) is 4.24. The second-order valence-electron chi connectivity index (χ2n) is 5.52. The van der Waals surface area contributed by atoms with Crippen molar-refractivity contribution in [3.63, 3.8) is 0 Å². The van der Waals surface area contributed by atoms with Crippen molar-refractivity contribution in [1.82, 2.24) is 9.97 Å². The summed E-state index contributed by atoms with van der Waals surface area (Å²) in [5, 5.41) is 3.20. The lowest BCUT2D eigenvalue weighted by molar-refractivity contribution is 0.0600. The molecule has 26 heavy (non-hydrogen) atoms. The molecule has 3 aromatic rings. The first-order valence-corrected chi connectivity index (χ1v) is 7.95. The quantitative estimate of drug-likeness (QED) is 0.684. The number of benzene rings is 1. The Kier molecular flexibility index (Phi) is 5.24. The normalized spacial score (nSPS) is 10.7. The third-order valence-electron chi connectivity index (χ3n) is 3.64. The molecule has 0 bridgehead atoms. The van der Waals surface area contributed by atoms with E-state index in [4.69, 9.17) is 10.5 Å². The minimum atomic E-state index is -0.410. The predicted octanol–water partition coefficient (Wildman–Crippen LogP) is 3.76. The van der Waals surface area contributed by atoms with Crippen molar-refractivity contribution < 1.29 is 9.53 Å². The molecule has 6 nitrogen and oxygen atoms in total. The zero-order valence-electron chi connectivity index (χ0n) is 14.2. The number of anilines is 3. The standard InChI is InChI=1S/C20H18N4O2/c1-26-20(25)16-10-15(12-22-13-16)8-7-14-4-2-5-17(11-14)24-19-18(21)6-3-9-23-19/h2-13H,21H2,1H3,(H,23,24). The first-order chi connectivity index (χ1) is 12.7. The maximum atomic E-state index is 11.6. The van der Waals surface area contributed by atoms with Gasteiger partial charge in [-0.3, -0.25) is 4.98 Å². The molecule has 130 valence electrons. The van der Waals surface area contributed by atoms with Crippen LogP contribution in [0, 0.1) is 0 Å². The summed E-state index contributed by atoms with van der Waals surface area (Å²) >= 11 is 0. The highest BCUT2D eigenvalue weighted by Crippen LogP contribution is 2.21. The fourth-order valence-electron chi connectivity index (χ4n) is 2.35. The van der Waals surface area contributed by atoms with Gasteiger partial charge in [0.15, 0.2) is 5.82 Å².